The summed E-state index contributed by atoms with van der Waals surface area (Å²) in [6.07, 6.45) is 0. The van der Waals surface area contributed by atoms with E-state index in [4.69, 9.17) is 11.6 Å². The van der Waals surface area contributed by atoms with E-state index in [2.05, 4.69) is 10.2 Å². The van der Waals surface area contributed by atoms with Crippen LogP contribution in [0.2, 0.25) is 5.02 Å². The molecule has 2 rings (SSSR count). The first-order chi connectivity index (χ1) is 7.41. The second-order valence-electron chi connectivity index (χ2n) is 4.81. The maximum absolute atomic E-state index is 11.6. The van der Waals surface area contributed by atoms with E-state index >= 15 is 0 Å². The molecule has 16 heavy (non-hydrogen) atoms. The van der Waals surface area contributed by atoms with Gasteiger partial charge in [0.15, 0.2) is 0 Å². The Hall–Kier alpha value is -1.35. The van der Waals surface area contributed by atoms with Gasteiger partial charge in [-0.2, -0.15) is 5.10 Å². The molecule has 0 aliphatic heterocycles. The van der Waals surface area contributed by atoms with E-state index in [1.807, 2.05) is 20.8 Å². The van der Waals surface area contributed by atoms with Crippen molar-refractivity contribution in [1.82, 2.24) is 10.2 Å². The first kappa shape index (κ1) is 11.1. The number of H-pyrrole nitrogens is 1. The van der Waals surface area contributed by atoms with Gasteiger partial charge >= 0.3 is 0 Å². The van der Waals surface area contributed by atoms with Crippen molar-refractivity contribution in [1.29, 1.82) is 0 Å². The minimum atomic E-state index is -0.203. The van der Waals surface area contributed by atoms with Crippen LogP contribution in [0.3, 0.4) is 0 Å². The highest BCUT2D eigenvalue weighted by molar-refractivity contribution is 6.35. The van der Waals surface area contributed by atoms with Crippen molar-refractivity contribution in [2.45, 2.75) is 26.2 Å². The molecule has 0 atom stereocenters. The fraction of sp³-hybridized carbons (Fsp3) is 0.333. The normalized spacial score (nSPS) is 12.0. The Labute approximate surface area is 98.4 Å². The molecular weight excluding hydrogens is 224 g/mol. The van der Waals surface area contributed by atoms with E-state index in [0.29, 0.717) is 10.4 Å². The molecule has 4 heteroatoms. The zero-order valence-electron chi connectivity index (χ0n) is 9.47. The predicted molar refractivity (Wildman–Crippen MR) is 66.1 cm³/mol. The summed E-state index contributed by atoms with van der Waals surface area (Å²) in [5.74, 6) is 0. The zero-order valence-corrected chi connectivity index (χ0v) is 10.2. The summed E-state index contributed by atoms with van der Waals surface area (Å²) in [7, 11) is 0. The number of nitrogens with zero attached hydrogens (tertiary/aromatic N) is 1. The molecular formula is C12H13ClN2O. The number of nitrogens with one attached hydrogen (secondary N) is 1. The van der Waals surface area contributed by atoms with Crippen molar-refractivity contribution in [3.8, 4) is 0 Å². The van der Waals surface area contributed by atoms with E-state index in [-0.39, 0.29) is 11.0 Å². The lowest BCUT2D eigenvalue weighted by atomic mass is 9.89. The lowest BCUT2D eigenvalue weighted by Gasteiger charge is -2.19. The molecule has 0 radical (unpaired) electrons. The highest BCUT2D eigenvalue weighted by atomic mass is 35.5. The number of rotatable bonds is 0. The van der Waals surface area contributed by atoms with Crippen LogP contribution >= 0.6 is 11.6 Å². The van der Waals surface area contributed by atoms with Crippen molar-refractivity contribution in [3.05, 3.63) is 39.3 Å². The van der Waals surface area contributed by atoms with Crippen molar-refractivity contribution < 1.29 is 0 Å². The Kier molecular flexibility index (Phi) is 2.50. The van der Waals surface area contributed by atoms with Crippen LogP contribution in [0, 0.1) is 0 Å². The molecule has 0 aliphatic carbocycles. The van der Waals surface area contributed by atoms with Crippen LogP contribution in [0.25, 0.3) is 10.8 Å². The highest BCUT2D eigenvalue weighted by Gasteiger charge is 2.21. The minimum Gasteiger partial charge on any atom is -0.267 e. The van der Waals surface area contributed by atoms with E-state index in [1.165, 1.54) is 0 Å². The maximum atomic E-state index is 11.6. The molecule has 0 fully saturated rings. The Balaban J connectivity index is 2.98. The van der Waals surface area contributed by atoms with E-state index in [1.54, 1.807) is 18.2 Å². The van der Waals surface area contributed by atoms with E-state index in [9.17, 15) is 4.79 Å². The number of hydrogen-bond donors (Lipinski definition) is 1. The van der Waals surface area contributed by atoms with Crippen LogP contribution < -0.4 is 5.56 Å². The molecule has 0 unspecified atom stereocenters. The van der Waals surface area contributed by atoms with E-state index in [0.717, 1.165) is 11.1 Å². The summed E-state index contributed by atoms with van der Waals surface area (Å²) in [5.41, 5.74) is 0.450. The second-order valence-corrected chi connectivity index (χ2v) is 5.22. The molecule has 0 saturated heterocycles. The SMILES string of the molecule is CC(C)(C)c1n[nH]c(=O)c2cccc(Cl)c12. The van der Waals surface area contributed by atoms with Gasteiger partial charge in [0.2, 0.25) is 0 Å². The maximum Gasteiger partial charge on any atom is 0.272 e. The summed E-state index contributed by atoms with van der Waals surface area (Å²) >= 11 is 6.15. The summed E-state index contributed by atoms with van der Waals surface area (Å²) in [6.45, 7) is 6.11. The summed E-state index contributed by atoms with van der Waals surface area (Å²) < 4.78 is 0. The fourth-order valence-electron chi connectivity index (χ4n) is 1.72. The quantitative estimate of drug-likeness (QED) is 0.765. The first-order valence-corrected chi connectivity index (χ1v) is 5.46. The van der Waals surface area contributed by atoms with Crippen LogP contribution in [0.5, 0.6) is 0 Å². The molecule has 0 bridgehead atoms. The van der Waals surface area contributed by atoms with Gasteiger partial charge in [-0.15, -0.1) is 0 Å². The van der Waals surface area contributed by atoms with Gasteiger partial charge in [0.1, 0.15) is 0 Å². The van der Waals surface area contributed by atoms with Crippen LogP contribution in [-0.2, 0) is 5.41 Å². The Bertz CT molecular complexity index is 596. The van der Waals surface area contributed by atoms with Crippen molar-refractivity contribution >= 4 is 22.4 Å². The van der Waals surface area contributed by atoms with Gasteiger partial charge in [-0.1, -0.05) is 38.4 Å². The van der Waals surface area contributed by atoms with Gasteiger partial charge in [-0.25, -0.2) is 5.10 Å². The average molecular weight is 237 g/mol. The lowest BCUT2D eigenvalue weighted by Crippen LogP contribution is -2.20. The Morgan fingerprint density at radius 1 is 1.31 bits per heavy atom. The average Bonchev–Trinajstić information content (AvgIpc) is 2.18. The number of benzene rings is 1. The zero-order chi connectivity index (χ0) is 11.9. The topological polar surface area (TPSA) is 45.8 Å². The number of hydrogen-bond acceptors (Lipinski definition) is 2. The predicted octanol–water partition coefficient (Wildman–Crippen LogP) is 2.87. The third-order valence-corrected chi connectivity index (χ3v) is 2.79. The first-order valence-electron chi connectivity index (χ1n) is 5.08. The molecule has 3 nitrogen and oxygen atoms in total. The number of halogens is 1. The fourth-order valence-corrected chi connectivity index (χ4v) is 1.98. The molecule has 84 valence electrons. The Morgan fingerprint density at radius 3 is 2.62 bits per heavy atom. The molecule has 1 N–H and O–H groups in total. The lowest BCUT2D eigenvalue weighted by molar-refractivity contribution is 0.564. The third-order valence-electron chi connectivity index (χ3n) is 2.47. The third kappa shape index (κ3) is 1.71. The number of fused-ring (bicyclic) bond motifs is 1. The monoisotopic (exact) mass is 236 g/mol. The van der Waals surface area contributed by atoms with Crippen LogP contribution in [0.15, 0.2) is 23.0 Å². The van der Waals surface area contributed by atoms with Gasteiger partial charge in [0.25, 0.3) is 5.56 Å². The minimum absolute atomic E-state index is 0.159. The van der Waals surface area contributed by atoms with Crippen molar-refractivity contribution in [2.75, 3.05) is 0 Å². The number of aromatic nitrogens is 2. The summed E-state index contributed by atoms with van der Waals surface area (Å²) in [4.78, 5) is 11.6. The van der Waals surface area contributed by atoms with Crippen LogP contribution in [-0.4, -0.2) is 10.2 Å². The van der Waals surface area contributed by atoms with E-state index < -0.39 is 0 Å². The standard InChI is InChI=1S/C12H13ClN2O/c1-12(2,3)10-9-7(11(16)15-14-10)5-4-6-8(9)13/h4-6H,1-3H3,(H,15,16). The summed E-state index contributed by atoms with van der Waals surface area (Å²) in [6, 6.07) is 5.31. The van der Waals surface area contributed by atoms with Crippen molar-refractivity contribution in [3.63, 3.8) is 0 Å². The molecule has 1 aromatic heterocycles. The largest absolute Gasteiger partial charge is 0.272 e. The molecule has 0 amide bonds. The van der Waals surface area contributed by atoms with Gasteiger partial charge in [0, 0.05) is 10.8 Å². The molecule has 1 heterocycles. The van der Waals surface area contributed by atoms with Crippen LogP contribution in [0.1, 0.15) is 26.5 Å². The van der Waals surface area contributed by atoms with Crippen molar-refractivity contribution in [2.24, 2.45) is 0 Å². The van der Waals surface area contributed by atoms with Gasteiger partial charge in [0.05, 0.1) is 16.1 Å². The molecule has 0 spiro atoms. The second kappa shape index (κ2) is 3.59. The smallest absolute Gasteiger partial charge is 0.267 e. The summed E-state index contributed by atoms with van der Waals surface area (Å²) in [5, 5.41) is 8.54. The number of aromatic amines is 1. The molecule has 2 aromatic rings. The Morgan fingerprint density at radius 2 is 2.00 bits per heavy atom. The highest BCUT2D eigenvalue weighted by Crippen LogP contribution is 2.30. The van der Waals surface area contributed by atoms with Gasteiger partial charge in [-0.3, -0.25) is 4.79 Å². The van der Waals surface area contributed by atoms with Crippen LogP contribution in [0.4, 0.5) is 0 Å². The molecule has 0 aliphatic rings. The van der Waals surface area contributed by atoms with Gasteiger partial charge < -0.3 is 0 Å². The van der Waals surface area contributed by atoms with Gasteiger partial charge in [-0.05, 0) is 12.1 Å². The molecule has 1 aromatic carbocycles. The molecule has 0 saturated carbocycles.